The van der Waals surface area contributed by atoms with Gasteiger partial charge in [-0.1, -0.05) is 26.7 Å². The lowest BCUT2D eigenvalue weighted by atomic mass is 10.2. The molecule has 1 aromatic heterocycles. The molecular formula is C19H26N4O3S. The van der Waals surface area contributed by atoms with Gasteiger partial charge in [0.05, 0.1) is 17.1 Å². The molecule has 0 atom stereocenters. The van der Waals surface area contributed by atoms with Gasteiger partial charge in [0.1, 0.15) is 5.82 Å². The molecule has 146 valence electrons. The van der Waals surface area contributed by atoms with Crippen LogP contribution in [-0.2, 0) is 10.0 Å². The third-order valence-corrected chi connectivity index (χ3v) is 7.11. The Kier molecular flexibility index (Phi) is 5.96. The molecule has 3 rings (SSSR count). The van der Waals surface area contributed by atoms with Crippen molar-refractivity contribution in [2.45, 2.75) is 50.5 Å². The first-order valence-electron chi connectivity index (χ1n) is 9.42. The standard InChI is InChI=1S/C19H26N4O3S/c1-3-22(4-2)27(25,26)17-11-9-15(10-12-17)19(24)21-18-13-14-20-23(18)16-7-5-6-8-16/h9-14,16H,3-8H2,1-2H3,(H,21,24). The lowest BCUT2D eigenvalue weighted by Crippen LogP contribution is -2.30. The Morgan fingerprint density at radius 3 is 2.37 bits per heavy atom. The highest BCUT2D eigenvalue weighted by atomic mass is 32.2. The third-order valence-electron chi connectivity index (χ3n) is 5.04. The summed E-state index contributed by atoms with van der Waals surface area (Å²) in [5.41, 5.74) is 0.410. The van der Waals surface area contributed by atoms with Crippen LogP contribution in [0.25, 0.3) is 0 Å². The van der Waals surface area contributed by atoms with Crippen LogP contribution in [0, 0.1) is 0 Å². The summed E-state index contributed by atoms with van der Waals surface area (Å²) < 4.78 is 28.3. The molecule has 0 saturated heterocycles. The average Bonchev–Trinajstić information content (AvgIpc) is 3.34. The number of carbonyl (C=O) groups is 1. The molecule has 7 nitrogen and oxygen atoms in total. The predicted octanol–water partition coefficient (Wildman–Crippen LogP) is 3.28. The van der Waals surface area contributed by atoms with E-state index in [-0.39, 0.29) is 10.8 Å². The highest BCUT2D eigenvalue weighted by Crippen LogP contribution is 2.31. The summed E-state index contributed by atoms with van der Waals surface area (Å²) in [5.74, 6) is 0.397. The maximum Gasteiger partial charge on any atom is 0.256 e. The molecule has 1 saturated carbocycles. The highest BCUT2D eigenvalue weighted by molar-refractivity contribution is 7.89. The largest absolute Gasteiger partial charge is 0.307 e. The van der Waals surface area contributed by atoms with E-state index in [0.29, 0.717) is 30.5 Å². The number of hydrogen-bond donors (Lipinski definition) is 1. The van der Waals surface area contributed by atoms with Crippen LogP contribution in [0.1, 0.15) is 55.9 Å². The van der Waals surface area contributed by atoms with Crippen LogP contribution < -0.4 is 5.32 Å². The number of amides is 1. The molecule has 1 heterocycles. The molecule has 1 aliphatic carbocycles. The molecule has 1 aliphatic rings. The van der Waals surface area contributed by atoms with E-state index in [2.05, 4.69) is 10.4 Å². The molecule has 2 aromatic rings. The topological polar surface area (TPSA) is 84.3 Å². The molecule has 0 spiro atoms. The van der Waals surface area contributed by atoms with E-state index in [9.17, 15) is 13.2 Å². The minimum Gasteiger partial charge on any atom is -0.307 e. The van der Waals surface area contributed by atoms with Gasteiger partial charge in [-0.25, -0.2) is 13.1 Å². The van der Waals surface area contributed by atoms with Crippen LogP contribution in [0.3, 0.4) is 0 Å². The first-order chi connectivity index (χ1) is 13.0. The molecule has 8 heteroatoms. The van der Waals surface area contributed by atoms with Gasteiger partial charge in [-0.15, -0.1) is 0 Å². The summed E-state index contributed by atoms with van der Waals surface area (Å²) in [4.78, 5) is 12.8. The SMILES string of the molecule is CCN(CC)S(=O)(=O)c1ccc(C(=O)Nc2ccnn2C2CCCC2)cc1. The molecule has 0 aliphatic heterocycles. The van der Waals surface area contributed by atoms with Gasteiger partial charge in [0, 0.05) is 24.7 Å². The Morgan fingerprint density at radius 1 is 1.15 bits per heavy atom. The molecule has 1 aromatic carbocycles. The predicted molar refractivity (Wildman–Crippen MR) is 104 cm³/mol. The number of anilines is 1. The summed E-state index contributed by atoms with van der Waals surface area (Å²) in [5, 5.41) is 7.24. The van der Waals surface area contributed by atoms with Crippen LogP contribution >= 0.6 is 0 Å². The van der Waals surface area contributed by atoms with Crippen molar-refractivity contribution < 1.29 is 13.2 Å². The molecule has 0 unspecified atom stereocenters. The van der Waals surface area contributed by atoms with E-state index in [1.165, 1.54) is 29.3 Å². The van der Waals surface area contributed by atoms with Crippen LogP contribution in [0.2, 0.25) is 0 Å². The van der Waals surface area contributed by atoms with Crippen LogP contribution in [0.4, 0.5) is 5.82 Å². The van der Waals surface area contributed by atoms with E-state index < -0.39 is 10.0 Å². The van der Waals surface area contributed by atoms with Crippen molar-refractivity contribution in [3.63, 3.8) is 0 Å². The molecule has 0 bridgehead atoms. The number of sulfonamides is 1. The summed E-state index contributed by atoms with van der Waals surface area (Å²) in [6.07, 6.45) is 6.19. The van der Waals surface area contributed by atoms with Gasteiger partial charge in [0.2, 0.25) is 10.0 Å². The smallest absolute Gasteiger partial charge is 0.256 e. The van der Waals surface area contributed by atoms with Crippen LogP contribution in [0.15, 0.2) is 41.4 Å². The van der Waals surface area contributed by atoms with Crippen molar-refractivity contribution in [1.82, 2.24) is 14.1 Å². The quantitative estimate of drug-likeness (QED) is 0.786. The van der Waals surface area contributed by atoms with Gasteiger partial charge in [-0.05, 0) is 37.1 Å². The Hall–Kier alpha value is -2.19. The maximum atomic E-state index is 12.6. The van der Waals surface area contributed by atoms with Crippen molar-refractivity contribution in [2.75, 3.05) is 18.4 Å². The second kappa shape index (κ2) is 8.22. The second-order valence-corrected chi connectivity index (χ2v) is 8.61. The fourth-order valence-electron chi connectivity index (χ4n) is 3.53. The summed E-state index contributed by atoms with van der Waals surface area (Å²) >= 11 is 0. The normalized spacial score (nSPS) is 15.4. The monoisotopic (exact) mass is 390 g/mol. The Morgan fingerprint density at radius 2 is 1.78 bits per heavy atom. The first kappa shape index (κ1) is 19.6. The van der Waals surface area contributed by atoms with Gasteiger partial charge >= 0.3 is 0 Å². The number of aromatic nitrogens is 2. The first-order valence-corrected chi connectivity index (χ1v) is 10.9. The highest BCUT2D eigenvalue weighted by Gasteiger charge is 2.23. The van der Waals surface area contributed by atoms with Crippen molar-refractivity contribution in [3.05, 3.63) is 42.1 Å². The number of carbonyl (C=O) groups excluding carboxylic acids is 1. The molecule has 0 radical (unpaired) electrons. The lowest BCUT2D eigenvalue weighted by Gasteiger charge is -2.18. The van der Waals surface area contributed by atoms with Crippen LogP contribution in [0.5, 0.6) is 0 Å². The van der Waals surface area contributed by atoms with E-state index in [4.69, 9.17) is 0 Å². The summed E-state index contributed by atoms with van der Waals surface area (Å²) in [6, 6.07) is 8.17. The average molecular weight is 391 g/mol. The van der Waals surface area contributed by atoms with Gasteiger partial charge in [0.15, 0.2) is 0 Å². The van der Waals surface area contributed by atoms with E-state index in [1.54, 1.807) is 38.2 Å². The number of nitrogens with one attached hydrogen (secondary N) is 1. The molecule has 1 N–H and O–H groups in total. The zero-order chi connectivity index (χ0) is 19.4. The van der Waals surface area contributed by atoms with Gasteiger partial charge < -0.3 is 5.32 Å². The zero-order valence-corrected chi connectivity index (χ0v) is 16.6. The third kappa shape index (κ3) is 4.06. The lowest BCUT2D eigenvalue weighted by molar-refractivity contribution is 0.102. The van der Waals surface area contributed by atoms with E-state index in [0.717, 1.165) is 12.8 Å². The van der Waals surface area contributed by atoms with Crippen molar-refractivity contribution >= 4 is 21.7 Å². The fourth-order valence-corrected chi connectivity index (χ4v) is 4.99. The van der Waals surface area contributed by atoms with Crippen molar-refractivity contribution in [1.29, 1.82) is 0 Å². The number of hydrogen-bond acceptors (Lipinski definition) is 4. The van der Waals surface area contributed by atoms with Gasteiger partial charge in [0.25, 0.3) is 5.91 Å². The minimum absolute atomic E-state index is 0.193. The minimum atomic E-state index is -3.52. The molecular weight excluding hydrogens is 364 g/mol. The van der Waals surface area contributed by atoms with Crippen molar-refractivity contribution in [3.8, 4) is 0 Å². The van der Waals surface area contributed by atoms with Crippen LogP contribution in [-0.4, -0.2) is 41.5 Å². The fraction of sp³-hybridized carbons (Fsp3) is 0.474. The Balaban J connectivity index is 1.74. The van der Waals surface area contributed by atoms with Gasteiger partial charge in [-0.3, -0.25) is 4.79 Å². The van der Waals surface area contributed by atoms with Crippen molar-refractivity contribution in [2.24, 2.45) is 0 Å². The number of nitrogens with zero attached hydrogens (tertiary/aromatic N) is 3. The molecule has 1 fully saturated rings. The Bertz CT molecular complexity index is 880. The second-order valence-electron chi connectivity index (χ2n) is 6.67. The number of benzene rings is 1. The van der Waals surface area contributed by atoms with E-state index >= 15 is 0 Å². The molecule has 1 amide bonds. The summed E-state index contributed by atoms with van der Waals surface area (Å²) in [7, 11) is -3.52. The maximum absolute atomic E-state index is 12.6. The zero-order valence-electron chi connectivity index (χ0n) is 15.8. The summed E-state index contributed by atoms with van der Waals surface area (Å²) in [6.45, 7) is 4.42. The Labute approximate surface area is 160 Å². The van der Waals surface area contributed by atoms with Gasteiger partial charge in [-0.2, -0.15) is 9.40 Å². The number of rotatable bonds is 7. The van der Waals surface area contributed by atoms with E-state index in [1.807, 2.05) is 4.68 Å². The molecule has 27 heavy (non-hydrogen) atoms.